The third-order valence-electron chi connectivity index (χ3n) is 4.21. The van der Waals surface area contributed by atoms with Gasteiger partial charge in [-0.2, -0.15) is 0 Å². The minimum absolute atomic E-state index is 0.0655. The highest BCUT2D eigenvalue weighted by Gasteiger charge is 2.31. The summed E-state index contributed by atoms with van der Waals surface area (Å²) in [7, 11) is 1.46. The summed E-state index contributed by atoms with van der Waals surface area (Å²) in [6, 6.07) is 0. The zero-order valence-electron chi connectivity index (χ0n) is 12.2. The van der Waals surface area contributed by atoms with Crippen LogP contribution in [0.3, 0.4) is 0 Å². The van der Waals surface area contributed by atoms with Crippen LogP contribution in [0.15, 0.2) is 0 Å². The number of methoxy groups -OCH3 is 1. The van der Waals surface area contributed by atoms with E-state index in [9.17, 15) is 4.79 Å². The van der Waals surface area contributed by atoms with E-state index in [0.717, 1.165) is 18.3 Å². The number of carbonyl (C=O) groups excluding carboxylic acids is 1. The monoisotopic (exact) mass is 254 g/mol. The predicted molar refractivity (Wildman–Crippen MR) is 75.5 cm³/mol. The molecule has 1 saturated carbocycles. The molecule has 2 nitrogen and oxygen atoms in total. The van der Waals surface area contributed by atoms with E-state index in [1.165, 1.54) is 64.9 Å². The molecule has 0 bridgehead atoms. The van der Waals surface area contributed by atoms with E-state index in [1.807, 2.05) is 0 Å². The van der Waals surface area contributed by atoms with Crippen LogP contribution in [0.25, 0.3) is 0 Å². The minimum atomic E-state index is -0.0655. The molecule has 0 heterocycles. The Hall–Kier alpha value is -0.530. The smallest absolute Gasteiger partial charge is 0.305 e. The molecule has 0 aromatic heterocycles. The highest BCUT2D eigenvalue weighted by Crippen LogP contribution is 2.41. The molecule has 2 atom stereocenters. The molecule has 1 fully saturated rings. The third kappa shape index (κ3) is 7.73. The molecule has 2 heteroatoms. The summed E-state index contributed by atoms with van der Waals surface area (Å²) in [5.41, 5.74) is 0. The van der Waals surface area contributed by atoms with Crippen LogP contribution in [-0.2, 0) is 9.53 Å². The molecule has 0 saturated heterocycles. The van der Waals surface area contributed by atoms with E-state index in [2.05, 4.69) is 11.7 Å². The summed E-state index contributed by atoms with van der Waals surface area (Å²) >= 11 is 0. The average molecular weight is 254 g/mol. The van der Waals surface area contributed by atoms with Gasteiger partial charge in [0.25, 0.3) is 0 Å². The first-order chi connectivity index (χ1) is 8.74. The van der Waals surface area contributed by atoms with Crippen molar-refractivity contribution in [3.8, 4) is 0 Å². The molecule has 0 spiro atoms. The van der Waals surface area contributed by atoms with Gasteiger partial charge in [-0.25, -0.2) is 0 Å². The van der Waals surface area contributed by atoms with Crippen LogP contribution in [0.2, 0.25) is 0 Å². The van der Waals surface area contributed by atoms with Crippen molar-refractivity contribution in [2.75, 3.05) is 7.11 Å². The normalized spacial score (nSPS) is 21.9. The van der Waals surface area contributed by atoms with Gasteiger partial charge in [0.2, 0.25) is 0 Å². The lowest BCUT2D eigenvalue weighted by molar-refractivity contribution is -0.140. The van der Waals surface area contributed by atoms with Crippen molar-refractivity contribution in [3.05, 3.63) is 0 Å². The highest BCUT2D eigenvalue weighted by atomic mass is 16.5. The van der Waals surface area contributed by atoms with Gasteiger partial charge in [-0.1, -0.05) is 58.3 Å². The zero-order valence-corrected chi connectivity index (χ0v) is 12.2. The number of unbranched alkanes of at least 4 members (excludes halogenated alkanes) is 7. The summed E-state index contributed by atoms with van der Waals surface area (Å²) in [5, 5.41) is 0. The first-order valence-corrected chi connectivity index (χ1v) is 7.81. The fourth-order valence-corrected chi connectivity index (χ4v) is 2.64. The molecule has 0 amide bonds. The Balaban J connectivity index is 1.69. The number of rotatable bonds is 11. The van der Waals surface area contributed by atoms with Crippen molar-refractivity contribution >= 4 is 5.97 Å². The highest BCUT2D eigenvalue weighted by molar-refractivity contribution is 5.68. The molecule has 0 aliphatic heterocycles. The SMILES string of the molecule is COC(=O)CCCCCCCCCC[C@H]1C[C@H]1C. The molecular formula is C16H30O2. The second-order valence-corrected chi connectivity index (χ2v) is 5.92. The van der Waals surface area contributed by atoms with Crippen LogP contribution < -0.4 is 0 Å². The van der Waals surface area contributed by atoms with E-state index < -0.39 is 0 Å². The van der Waals surface area contributed by atoms with Crippen molar-refractivity contribution in [1.29, 1.82) is 0 Å². The summed E-state index contributed by atoms with van der Waals surface area (Å²) in [6.07, 6.45) is 14.0. The molecule has 1 rings (SSSR count). The Labute approximate surface area is 112 Å². The Kier molecular flexibility index (Phi) is 8.11. The van der Waals surface area contributed by atoms with Crippen molar-refractivity contribution in [2.24, 2.45) is 11.8 Å². The number of carbonyl (C=O) groups is 1. The molecule has 0 aromatic carbocycles. The maximum atomic E-state index is 10.9. The van der Waals surface area contributed by atoms with E-state index in [1.54, 1.807) is 0 Å². The quantitative estimate of drug-likeness (QED) is 0.394. The topological polar surface area (TPSA) is 26.3 Å². The van der Waals surface area contributed by atoms with Gasteiger partial charge >= 0.3 is 5.97 Å². The van der Waals surface area contributed by atoms with Crippen molar-refractivity contribution in [1.82, 2.24) is 0 Å². The van der Waals surface area contributed by atoms with Gasteiger partial charge in [-0.15, -0.1) is 0 Å². The lowest BCUT2D eigenvalue weighted by Gasteiger charge is -2.02. The van der Waals surface area contributed by atoms with Gasteiger partial charge in [-0.05, 0) is 24.7 Å². The van der Waals surface area contributed by atoms with Crippen LogP contribution >= 0.6 is 0 Å². The van der Waals surface area contributed by atoms with E-state index in [0.29, 0.717) is 6.42 Å². The average Bonchev–Trinajstić information content (AvgIpc) is 3.07. The summed E-state index contributed by atoms with van der Waals surface area (Å²) in [4.78, 5) is 10.9. The van der Waals surface area contributed by atoms with E-state index >= 15 is 0 Å². The van der Waals surface area contributed by atoms with Gasteiger partial charge in [0, 0.05) is 6.42 Å². The van der Waals surface area contributed by atoms with Crippen molar-refractivity contribution in [3.63, 3.8) is 0 Å². The molecular weight excluding hydrogens is 224 g/mol. The van der Waals surface area contributed by atoms with Gasteiger partial charge in [0.15, 0.2) is 0 Å². The van der Waals surface area contributed by atoms with Crippen LogP contribution in [0.4, 0.5) is 0 Å². The summed E-state index contributed by atoms with van der Waals surface area (Å²) in [5.74, 6) is 2.03. The standard InChI is InChI=1S/C16H30O2/c1-14-13-15(14)11-9-7-5-3-4-6-8-10-12-16(17)18-2/h14-15H,3-13H2,1-2H3/t14-,15+/m1/s1. The number of ether oxygens (including phenoxy) is 1. The molecule has 0 aromatic rings. The molecule has 106 valence electrons. The molecule has 0 N–H and O–H groups in total. The molecule has 18 heavy (non-hydrogen) atoms. The first kappa shape index (κ1) is 15.5. The van der Waals surface area contributed by atoms with Gasteiger partial charge < -0.3 is 4.74 Å². The second kappa shape index (κ2) is 9.41. The summed E-state index contributed by atoms with van der Waals surface area (Å²) in [6.45, 7) is 2.37. The minimum Gasteiger partial charge on any atom is -0.469 e. The fourth-order valence-electron chi connectivity index (χ4n) is 2.64. The number of hydrogen-bond donors (Lipinski definition) is 0. The summed E-state index contributed by atoms with van der Waals surface area (Å²) < 4.78 is 4.62. The van der Waals surface area contributed by atoms with E-state index in [-0.39, 0.29) is 5.97 Å². The molecule has 1 aliphatic rings. The third-order valence-corrected chi connectivity index (χ3v) is 4.21. The maximum Gasteiger partial charge on any atom is 0.305 e. The zero-order chi connectivity index (χ0) is 13.2. The first-order valence-electron chi connectivity index (χ1n) is 7.81. The predicted octanol–water partition coefficient (Wildman–Crippen LogP) is 4.72. The Morgan fingerprint density at radius 3 is 2.00 bits per heavy atom. The van der Waals surface area contributed by atoms with Crippen LogP contribution in [0, 0.1) is 11.8 Å². The molecule has 1 aliphatic carbocycles. The lowest BCUT2D eigenvalue weighted by atomic mass is 10.0. The van der Waals surface area contributed by atoms with Crippen LogP contribution in [0.5, 0.6) is 0 Å². The van der Waals surface area contributed by atoms with Gasteiger partial charge in [0.1, 0.15) is 0 Å². The Morgan fingerprint density at radius 2 is 1.50 bits per heavy atom. The number of hydrogen-bond acceptors (Lipinski definition) is 2. The van der Waals surface area contributed by atoms with Gasteiger partial charge in [-0.3, -0.25) is 4.79 Å². The Bertz CT molecular complexity index is 225. The fraction of sp³-hybridized carbons (Fsp3) is 0.938. The number of esters is 1. The van der Waals surface area contributed by atoms with Crippen molar-refractivity contribution in [2.45, 2.75) is 77.6 Å². The maximum absolute atomic E-state index is 10.9. The Morgan fingerprint density at radius 1 is 1.00 bits per heavy atom. The van der Waals surface area contributed by atoms with Crippen LogP contribution in [0.1, 0.15) is 77.6 Å². The van der Waals surface area contributed by atoms with Crippen LogP contribution in [-0.4, -0.2) is 13.1 Å². The second-order valence-electron chi connectivity index (χ2n) is 5.92. The molecule has 0 unspecified atom stereocenters. The molecule has 0 radical (unpaired) electrons. The van der Waals surface area contributed by atoms with Gasteiger partial charge in [0.05, 0.1) is 7.11 Å². The van der Waals surface area contributed by atoms with Crippen molar-refractivity contribution < 1.29 is 9.53 Å². The lowest BCUT2D eigenvalue weighted by Crippen LogP contribution is -1.99. The van der Waals surface area contributed by atoms with E-state index in [4.69, 9.17) is 0 Å². The largest absolute Gasteiger partial charge is 0.469 e.